The third-order valence-corrected chi connectivity index (χ3v) is 5.34. The van der Waals surface area contributed by atoms with Gasteiger partial charge in [0.25, 0.3) is 0 Å². The van der Waals surface area contributed by atoms with E-state index in [9.17, 15) is 5.11 Å². The third kappa shape index (κ3) is 2.33. The van der Waals surface area contributed by atoms with Crippen LogP contribution in [0.25, 0.3) is 0 Å². The average molecular weight is 258 g/mol. The van der Waals surface area contributed by atoms with Crippen molar-refractivity contribution >= 4 is 0 Å². The highest BCUT2D eigenvalue weighted by atomic mass is 16.3. The Morgan fingerprint density at radius 2 is 1.74 bits per heavy atom. The van der Waals surface area contributed by atoms with Crippen LogP contribution in [0.5, 0.6) is 0 Å². The highest BCUT2D eigenvalue weighted by Gasteiger charge is 2.43. The van der Waals surface area contributed by atoms with Crippen LogP contribution in [0.15, 0.2) is 24.3 Å². The number of aryl methyl sites for hydroxylation is 1. The highest BCUT2D eigenvalue weighted by Crippen LogP contribution is 2.48. The van der Waals surface area contributed by atoms with E-state index in [0.717, 1.165) is 31.1 Å². The van der Waals surface area contributed by atoms with Crippen molar-refractivity contribution < 1.29 is 5.11 Å². The lowest BCUT2D eigenvalue weighted by Crippen LogP contribution is -2.42. The van der Waals surface area contributed by atoms with Crippen LogP contribution in [0.2, 0.25) is 0 Å². The van der Waals surface area contributed by atoms with Gasteiger partial charge in [-0.2, -0.15) is 0 Å². The molecule has 0 aliphatic heterocycles. The molecular weight excluding hydrogens is 232 g/mol. The molecule has 1 nitrogen and oxygen atoms in total. The minimum Gasteiger partial charge on any atom is -0.385 e. The maximum Gasteiger partial charge on any atom is 0.0927 e. The fourth-order valence-electron chi connectivity index (χ4n) is 4.60. The molecule has 104 valence electrons. The normalized spacial score (nSPS) is 38.8. The van der Waals surface area contributed by atoms with E-state index in [-0.39, 0.29) is 0 Å². The van der Waals surface area contributed by atoms with E-state index >= 15 is 0 Å². The van der Waals surface area contributed by atoms with Crippen LogP contribution in [0.4, 0.5) is 0 Å². The first-order valence-electron chi connectivity index (χ1n) is 7.90. The Balaban J connectivity index is 1.95. The lowest BCUT2D eigenvalue weighted by molar-refractivity contribution is -0.0669. The summed E-state index contributed by atoms with van der Waals surface area (Å²) in [5, 5.41) is 11.4. The van der Waals surface area contributed by atoms with Crippen LogP contribution in [0, 0.1) is 17.8 Å². The number of benzene rings is 1. The molecule has 1 fully saturated rings. The summed E-state index contributed by atoms with van der Waals surface area (Å²) in [5.74, 6) is 1.96. The van der Waals surface area contributed by atoms with Crippen LogP contribution in [-0.2, 0) is 12.0 Å². The van der Waals surface area contributed by atoms with Gasteiger partial charge in [0, 0.05) is 0 Å². The van der Waals surface area contributed by atoms with Crippen molar-refractivity contribution in [3.63, 3.8) is 0 Å². The summed E-state index contributed by atoms with van der Waals surface area (Å²) in [7, 11) is 0. The summed E-state index contributed by atoms with van der Waals surface area (Å²) in [6.45, 7) is 4.70. The van der Waals surface area contributed by atoms with Crippen LogP contribution in [0.3, 0.4) is 0 Å². The summed E-state index contributed by atoms with van der Waals surface area (Å²) in [6.07, 6.45) is 6.93. The standard InChI is InChI=1S/C18H26O/c1-13-10-14(2)12-16(11-13)18(19)9-5-7-15-6-3-4-8-17(15)18/h3-4,6,8,13-14,16,19H,5,7,9-12H2,1-2H3. The molecule has 1 heteroatoms. The second-order valence-electron chi connectivity index (χ2n) is 7.05. The van der Waals surface area contributed by atoms with Crippen molar-refractivity contribution in [2.24, 2.45) is 17.8 Å². The Bertz CT molecular complexity index is 443. The Kier molecular flexibility index (Phi) is 3.42. The van der Waals surface area contributed by atoms with Gasteiger partial charge in [0.15, 0.2) is 0 Å². The summed E-state index contributed by atoms with van der Waals surface area (Å²) in [5.41, 5.74) is 2.05. The maximum atomic E-state index is 11.4. The Morgan fingerprint density at radius 3 is 2.47 bits per heavy atom. The van der Waals surface area contributed by atoms with Gasteiger partial charge in [0.05, 0.1) is 5.60 Å². The molecule has 1 aromatic rings. The first-order valence-corrected chi connectivity index (χ1v) is 7.90. The van der Waals surface area contributed by atoms with Gasteiger partial charge >= 0.3 is 0 Å². The van der Waals surface area contributed by atoms with E-state index < -0.39 is 5.60 Å². The van der Waals surface area contributed by atoms with Crippen LogP contribution >= 0.6 is 0 Å². The summed E-state index contributed by atoms with van der Waals surface area (Å²) < 4.78 is 0. The van der Waals surface area contributed by atoms with Gasteiger partial charge in [-0.25, -0.2) is 0 Å². The van der Waals surface area contributed by atoms with Crippen molar-refractivity contribution in [1.29, 1.82) is 0 Å². The Morgan fingerprint density at radius 1 is 1.05 bits per heavy atom. The predicted molar refractivity (Wildman–Crippen MR) is 78.9 cm³/mol. The van der Waals surface area contributed by atoms with Gasteiger partial charge in [0.2, 0.25) is 0 Å². The minimum atomic E-state index is -0.558. The molecule has 1 aromatic carbocycles. The molecule has 0 saturated heterocycles. The fourth-order valence-corrected chi connectivity index (χ4v) is 4.60. The van der Waals surface area contributed by atoms with E-state index in [1.807, 2.05) is 0 Å². The van der Waals surface area contributed by atoms with Gasteiger partial charge in [-0.05, 0) is 67.4 Å². The third-order valence-electron chi connectivity index (χ3n) is 5.34. The van der Waals surface area contributed by atoms with Crippen molar-refractivity contribution in [3.05, 3.63) is 35.4 Å². The predicted octanol–water partition coefficient (Wildman–Crippen LogP) is 4.28. The van der Waals surface area contributed by atoms with E-state index in [2.05, 4.69) is 38.1 Å². The zero-order chi connectivity index (χ0) is 13.5. The topological polar surface area (TPSA) is 20.2 Å². The molecule has 0 aromatic heterocycles. The average Bonchev–Trinajstić information content (AvgIpc) is 2.38. The quantitative estimate of drug-likeness (QED) is 0.797. The van der Waals surface area contributed by atoms with Crippen molar-refractivity contribution in [2.75, 3.05) is 0 Å². The van der Waals surface area contributed by atoms with Gasteiger partial charge in [-0.15, -0.1) is 0 Å². The van der Waals surface area contributed by atoms with Crippen molar-refractivity contribution in [2.45, 2.75) is 58.0 Å². The number of hydrogen-bond donors (Lipinski definition) is 1. The summed E-state index contributed by atoms with van der Waals surface area (Å²) in [4.78, 5) is 0. The number of aliphatic hydroxyl groups is 1. The first-order chi connectivity index (χ1) is 9.09. The zero-order valence-corrected chi connectivity index (χ0v) is 12.2. The molecule has 0 spiro atoms. The number of fused-ring (bicyclic) bond motifs is 1. The largest absolute Gasteiger partial charge is 0.385 e. The lowest BCUT2D eigenvalue weighted by Gasteiger charge is -2.45. The smallest absolute Gasteiger partial charge is 0.0927 e. The molecule has 1 saturated carbocycles. The van der Waals surface area contributed by atoms with Crippen LogP contribution in [0.1, 0.15) is 57.1 Å². The molecule has 3 atom stereocenters. The van der Waals surface area contributed by atoms with Crippen LogP contribution in [-0.4, -0.2) is 5.11 Å². The van der Waals surface area contributed by atoms with E-state index in [1.54, 1.807) is 0 Å². The second-order valence-corrected chi connectivity index (χ2v) is 7.05. The molecular formula is C18H26O. The van der Waals surface area contributed by atoms with Gasteiger partial charge in [0.1, 0.15) is 0 Å². The van der Waals surface area contributed by atoms with Gasteiger partial charge in [-0.3, -0.25) is 0 Å². The minimum absolute atomic E-state index is 0.452. The molecule has 0 heterocycles. The van der Waals surface area contributed by atoms with Crippen molar-refractivity contribution in [1.82, 2.24) is 0 Å². The SMILES string of the molecule is CC1CC(C)CC(C2(O)CCCc3ccccc32)C1. The molecule has 3 rings (SSSR count). The lowest BCUT2D eigenvalue weighted by atomic mass is 9.63. The number of hydrogen-bond acceptors (Lipinski definition) is 1. The fraction of sp³-hybridized carbons (Fsp3) is 0.667. The van der Waals surface area contributed by atoms with E-state index in [4.69, 9.17) is 0 Å². The molecule has 0 radical (unpaired) electrons. The molecule has 3 unspecified atom stereocenters. The Hall–Kier alpha value is -0.820. The molecule has 2 aliphatic rings. The molecule has 0 bridgehead atoms. The Labute approximate surface area is 117 Å². The summed E-state index contributed by atoms with van der Waals surface area (Å²) >= 11 is 0. The van der Waals surface area contributed by atoms with Crippen LogP contribution < -0.4 is 0 Å². The molecule has 2 aliphatic carbocycles. The highest BCUT2D eigenvalue weighted by molar-refractivity contribution is 5.35. The number of rotatable bonds is 1. The first kappa shape index (κ1) is 13.2. The molecule has 0 amide bonds. The maximum absolute atomic E-state index is 11.4. The second kappa shape index (κ2) is 4.94. The van der Waals surface area contributed by atoms with E-state index in [0.29, 0.717) is 5.92 Å². The van der Waals surface area contributed by atoms with Crippen molar-refractivity contribution in [3.8, 4) is 0 Å². The molecule has 19 heavy (non-hydrogen) atoms. The van der Waals surface area contributed by atoms with E-state index in [1.165, 1.54) is 30.4 Å². The summed E-state index contributed by atoms with van der Waals surface area (Å²) in [6, 6.07) is 8.56. The monoisotopic (exact) mass is 258 g/mol. The molecule has 1 N–H and O–H groups in total. The van der Waals surface area contributed by atoms with Gasteiger partial charge < -0.3 is 5.11 Å². The zero-order valence-electron chi connectivity index (χ0n) is 12.2. The van der Waals surface area contributed by atoms with Gasteiger partial charge in [-0.1, -0.05) is 38.1 Å².